The van der Waals surface area contributed by atoms with Gasteiger partial charge in [0.15, 0.2) is 0 Å². The summed E-state index contributed by atoms with van der Waals surface area (Å²) in [4.78, 5) is 2.26. The molecule has 20 heavy (non-hydrogen) atoms. The highest BCUT2D eigenvalue weighted by Crippen LogP contribution is 2.43. The molecule has 2 rings (SSSR count). The van der Waals surface area contributed by atoms with Crippen LogP contribution in [0.4, 0.5) is 0 Å². The van der Waals surface area contributed by atoms with Gasteiger partial charge in [0.2, 0.25) is 0 Å². The van der Waals surface area contributed by atoms with Crippen LogP contribution in [0.5, 0.6) is 0 Å². The van der Waals surface area contributed by atoms with E-state index in [1.807, 2.05) is 7.11 Å². The molecule has 0 heterocycles. The zero-order valence-corrected chi connectivity index (χ0v) is 13.6. The molecule has 0 bridgehead atoms. The molecule has 2 fully saturated rings. The fourth-order valence-electron chi connectivity index (χ4n) is 4.41. The number of methoxy groups -OCH3 is 1. The first kappa shape index (κ1) is 16.3. The van der Waals surface area contributed by atoms with Gasteiger partial charge in [-0.2, -0.15) is 0 Å². The molecule has 1 unspecified atom stereocenters. The molecule has 2 saturated carbocycles. The van der Waals surface area contributed by atoms with E-state index in [0.29, 0.717) is 17.9 Å². The highest BCUT2D eigenvalue weighted by molar-refractivity contribution is 4.95. The Bertz CT molecular complexity index is 279. The number of ether oxygens (including phenoxy) is 1. The summed E-state index contributed by atoms with van der Waals surface area (Å²) in [5.74, 6) is 1.11. The largest absolute Gasteiger partial charge is 0.390 e. The van der Waals surface area contributed by atoms with E-state index >= 15 is 0 Å². The van der Waals surface area contributed by atoms with E-state index < -0.39 is 5.60 Å². The molecule has 3 heteroatoms. The Morgan fingerprint density at radius 1 is 1.10 bits per heavy atom. The van der Waals surface area contributed by atoms with Gasteiger partial charge in [0.1, 0.15) is 0 Å². The normalized spacial score (nSPS) is 32.2. The van der Waals surface area contributed by atoms with Crippen molar-refractivity contribution < 1.29 is 9.84 Å². The summed E-state index contributed by atoms with van der Waals surface area (Å²) in [5, 5.41) is 11.2. The molecule has 0 aromatic rings. The minimum atomic E-state index is -0.410. The Labute approximate surface area is 124 Å². The Morgan fingerprint density at radius 3 is 2.20 bits per heavy atom. The molecule has 0 spiro atoms. The monoisotopic (exact) mass is 283 g/mol. The van der Waals surface area contributed by atoms with E-state index in [9.17, 15) is 5.11 Å². The van der Waals surface area contributed by atoms with Crippen molar-refractivity contribution in [2.75, 3.05) is 27.7 Å². The molecular formula is C17H33NO2. The average molecular weight is 283 g/mol. The summed E-state index contributed by atoms with van der Waals surface area (Å²) in [6, 6.07) is 0. The Morgan fingerprint density at radius 2 is 1.70 bits per heavy atom. The molecule has 0 aromatic carbocycles. The highest BCUT2D eigenvalue weighted by Gasteiger charge is 2.42. The predicted octanol–water partition coefficient (Wildman–Crippen LogP) is 3.06. The third-order valence-corrected chi connectivity index (χ3v) is 5.59. The number of nitrogens with zero attached hydrogens (tertiary/aromatic N) is 1. The third kappa shape index (κ3) is 3.96. The van der Waals surface area contributed by atoms with Crippen molar-refractivity contribution in [2.45, 2.75) is 69.5 Å². The van der Waals surface area contributed by atoms with Crippen LogP contribution in [0.25, 0.3) is 0 Å². The lowest BCUT2D eigenvalue weighted by atomic mass is 9.66. The van der Waals surface area contributed by atoms with Gasteiger partial charge in [-0.25, -0.2) is 0 Å². The summed E-state index contributed by atoms with van der Waals surface area (Å²) in [6.07, 6.45) is 11.0. The third-order valence-electron chi connectivity index (χ3n) is 5.59. The van der Waals surface area contributed by atoms with Crippen LogP contribution >= 0.6 is 0 Å². The number of hydrogen-bond acceptors (Lipinski definition) is 3. The maximum atomic E-state index is 11.2. The van der Waals surface area contributed by atoms with E-state index in [-0.39, 0.29) is 0 Å². The summed E-state index contributed by atoms with van der Waals surface area (Å²) in [7, 11) is 6.11. The van der Waals surface area contributed by atoms with Gasteiger partial charge in [-0.3, -0.25) is 0 Å². The molecule has 0 saturated heterocycles. The summed E-state index contributed by atoms with van der Waals surface area (Å²) >= 11 is 0. The molecule has 0 aliphatic heterocycles. The molecule has 2 aliphatic carbocycles. The second-order valence-electron chi connectivity index (χ2n) is 7.31. The average Bonchev–Trinajstić information content (AvgIpc) is 2.45. The molecule has 0 amide bonds. The van der Waals surface area contributed by atoms with Gasteiger partial charge >= 0.3 is 0 Å². The predicted molar refractivity (Wildman–Crippen MR) is 82.8 cm³/mol. The van der Waals surface area contributed by atoms with E-state index in [0.717, 1.165) is 19.4 Å². The second-order valence-corrected chi connectivity index (χ2v) is 7.31. The van der Waals surface area contributed by atoms with Gasteiger partial charge in [0, 0.05) is 19.6 Å². The lowest BCUT2D eigenvalue weighted by Crippen LogP contribution is -2.49. The van der Waals surface area contributed by atoms with Gasteiger partial charge in [-0.05, 0) is 58.5 Å². The fourth-order valence-corrected chi connectivity index (χ4v) is 4.41. The topological polar surface area (TPSA) is 32.7 Å². The second kappa shape index (κ2) is 7.24. The smallest absolute Gasteiger partial charge is 0.0690 e. The van der Waals surface area contributed by atoms with Crippen LogP contribution in [0.1, 0.15) is 57.8 Å². The summed E-state index contributed by atoms with van der Waals surface area (Å²) in [6.45, 7) is 1.03. The zero-order valence-electron chi connectivity index (χ0n) is 13.6. The maximum absolute atomic E-state index is 11.2. The number of hydrogen-bond donors (Lipinski definition) is 1. The van der Waals surface area contributed by atoms with E-state index in [1.165, 1.54) is 44.9 Å². The quantitative estimate of drug-likeness (QED) is 0.841. The Balaban J connectivity index is 2.03. The minimum absolute atomic E-state index is 0.410. The van der Waals surface area contributed by atoms with Crippen LogP contribution < -0.4 is 0 Å². The van der Waals surface area contributed by atoms with Crippen LogP contribution in [-0.4, -0.2) is 49.5 Å². The van der Waals surface area contributed by atoms with Gasteiger partial charge < -0.3 is 14.7 Å². The summed E-state index contributed by atoms with van der Waals surface area (Å²) < 4.78 is 5.50. The Hall–Kier alpha value is -0.120. The molecule has 118 valence electrons. The van der Waals surface area contributed by atoms with E-state index in [4.69, 9.17) is 4.74 Å². The van der Waals surface area contributed by atoms with Crippen LogP contribution in [0, 0.1) is 11.8 Å². The zero-order chi connectivity index (χ0) is 14.6. The van der Waals surface area contributed by atoms with Crippen molar-refractivity contribution in [2.24, 2.45) is 11.8 Å². The first-order chi connectivity index (χ1) is 9.55. The van der Waals surface area contributed by atoms with Crippen molar-refractivity contribution in [3.05, 3.63) is 0 Å². The number of rotatable bonds is 5. The fraction of sp³-hybridized carbons (Fsp3) is 1.00. The first-order valence-corrected chi connectivity index (χ1v) is 8.45. The number of aliphatic hydroxyl groups is 1. The lowest BCUT2D eigenvalue weighted by molar-refractivity contribution is -0.0887. The van der Waals surface area contributed by atoms with E-state index in [2.05, 4.69) is 19.0 Å². The van der Waals surface area contributed by atoms with Crippen molar-refractivity contribution in [1.29, 1.82) is 0 Å². The van der Waals surface area contributed by atoms with Crippen LogP contribution in [0.3, 0.4) is 0 Å². The molecule has 1 N–H and O–H groups in total. The summed E-state index contributed by atoms with van der Waals surface area (Å²) in [5.41, 5.74) is -0.410. The van der Waals surface area contributed by atoms with Crippen LogP contribution in [0.15, 0.2) is 0 Å². The van der Waals surface area contributed by atoms with Gasteiger partial charge in [0.25, 0.3) is 0 Å². The molecule has 3 nitrogen and oxygen atoms in total. The Kier molecular flexibility index (Phi) is 5.88. The van der Waals surface area contributed by atoms with Crippen LogP contribution in [-0.2, 0) is 4.74 Å². The van der Waals surface area contributed by atoms with E-state index in [1.54, 1.807) is 0 Å². The van der Waals surface area contributed by atoms with Crippen molar-refractivity contribution in [3.63, 3.8) is 0 Å². The first-order valence-electron chi connectivity index (χ1n) is 8.45. The van der Waals surface area contributed by atoms with Gasteiger partial charge in [-0.15, -0.1) is 0 Å². The molecule has 2 aliphatic rings. The molecule has 0 radical (unpaired) electrons. The molecule has 1 atom stereocenters. The lowest BCUT2D eigenvalue weighted by Gasteiger charge is -2.46. The minimum Gasteiger partial charge on any atom is -0.390 e. The van der Waals surface area contributed by atoms with Crippen molar-refractivity contribution in [3.8, 4) is 0 Å². The highest BCUT2D eigenvalue weighted by atomic mass is 16.5. The van der Waals surface area contributed by atoms with Crippen molar-refractivity contribution >= 4 is 0 Å². The maximum Gasteiger partial charge on any atom is 0.0690 e. The van der Waals surface area contributed by atoms with Crippen molar-refractivity contribution in [1.82, 2.24) is 4.90 Å². The molecular weight excluding hydrogens is 250 g/mol. The SMILES string of the molecule is COC1CCC(C(CN(C)C)C2(O)CCCCC2)CC1. The van der Waals surface area contributed by atoms with Gasteiger partial charge in [-0.1, -0.05) is 19.3 Å². The molecule has 0 aromatic heterocycles. The van der Waals surface area contributed by atoms with Gasteiger partial charge in [0.05, 0.1) is 11.7 Å². The standard InChI is InChI=1S/C17H33NO2/c1-18(2)13-16(17(19)11-5-4-6-12-17)14-7-9-15(20-3)10-8-14/h14-16,19H,4-13H2,1-3H3. The van der Waals surface area contributed by atoms with Crippen LogP contribution in [0.2, 0.25) is 0 Å².